The van der Waals surface area contributed by atoms with Crippen molar-refractivity contribution in [3.05, 3.63) is 55.7 Å². The van der Waals surface area contributed by atoms with Crippen LogP contribution in [0.2, 0.25) is 0 Å². The Kier molecular flexibility index (Phi) is 4.85. The third-order valence-corrected chi connectivity index (χ3v) is 6.20. The minimum atomic E-state index is 0.150. The zero-order valence-corrected chi connectivity index (χ0v) is 15.6. The summed E-state index contributed by atoms with van der Waals surface area (Å²) >= 11 is 7.17. The van der Waals surface area contributed by atoms with Crippen LogP contribution in [0.5, 0.6) is 0 Å². The number of hydrogen-bond acceptors (Lipinski definition) is 2. The molecule has 1 N–H and O–H groups in total. The molecule has 0 atom stereocenters. The molecule has 2 heterocycles. The molecule has 5 heteroatoms. The van der Waals surface area contributed by atoms with E-state index in [4.69, 9.17) is 0 Å². The van der Waals surface area contributed by atoms with Crippen molar-refractivity contribution in [3.63, 3.8) is 0 Å². The van der Waals surface area contributed by atoms with Crippen LogP contribution < -0.4 is 5.32 Å². The van der Waals surface area contributed by atoms with Gasteiger partial charge in [0.05, 0.1) is 4.47 Å². The van der Waals surface area contributed by atoms with Crippen molar-refractivity contribution >= 4 is 37.8 Å². The second kappa shape index (κ2) is 6.69. The Labute approximate surface area is 147 Å². The molecule has 0 saturated carbocycles. The van der Waals surface area contributed by atoms with Crippen LogP contribution in [-0.2, 0) is 19.4 Å². The molecule has 0 radical (unpaired) electrons. The Balaban J connectivity index is 1.81. The van der Waals surface area contributed by atoms with Gasteiger partial charge in [0.25, 0.3) is 0 Å². The Bertz CT molecular complexity index is 722. The third-order valence-electron chi connectivity index (χ3n) is 4.06. The normalized spacial score (nSPS) is 14.0. The molecule has 1 aromatic heterocycles. The lowest BCUT2D eigenvalue weighted by Crippen LogP contribution is -2.26. The molecule has 0 bridgehead atoms. The maximum Gasteiger partial charge on any atom is 0.232 e. The molecular formula is C17H18Br2N2O. The number of benzene rings is 1. The van der Waals surface area contributed by atoms with E-state index in [0.29, 0.717) is 6.42 Å². The van der Waals surface area contributed by atoms with Gasteiger partial charge in [-0.2, -0.15) is 0 Å². The highest BCUT2D eigenvalue weighted by Gasteiger charge is 2.25. The molecule has 1 aliphatic rings. The van der Waals surface area contributed by atoms with Crippen LogP contribution >= 0.6 is 31.9 Å². The van der Waals surface area contributed by atoms with Crippen molar-refractivity contribution in [2.24, 2.45) is 0 Å². The summed E-state index contributed by atoms with van der Waals surface area (Å²) in [5, 5.41) is 3.35. The fraction of sp³-hybridized carbons (Fsp3) is 0.353. The fourth-order valence-corrected chi connectivity index (χ4v) is 4.15. The number of hydrogen-bond donors (Lipinski definition) is 1. The van der Waals surface area contributed by atoms with E-state index >= 15 is 0 Å². The van der Waals surface area contributed by atoms with Gasteiger partial charge in [-0.3, -0.25) is 9.36 Å². The molecule has 0 aliphatic carbocycles. The molecule has 0 spiro atoms. The maximum absolute atomic E-state index is 12.7. The highest BCUT2D eigenvalue weighted by Crippen LogP contribution is 2.34. The molecule has 0 saturated heterocycles. The van der Waals surface area contributed by atoms with Crippen LogP contribution in [0.4, 0.5) is 0 Å². The average Bonchev–Trinajstić information content (AvgIpc) is 2.77. The number of aromatic nitrogens is 1. The lowest BCUT2D eigenvalue weighted by Gasteiger charge is -2.16. The van der Waals surface area contributed by atoms with Gasteiger partial charge in [0.15, 0.2) is 0 Å². The van der Waals surface area contributed by atoms with E-state index in [0.717, 1.165) is 40.7 Å². The first-order valence-corrected chi connectivity index (χ1v) is 9.03. The fourth-order valence-electron chi connectivity index (χ4n) is 2.96. The minimum Gasteiger partial charge on any atom is -0.312 e. The molecule has 2 aromatic rings. The molecular weight excluding hydrogens is 408 g/mol. The summed E-state index contributed by atoms with van der Waals surface area (Å²) in [4.78, 5) is 12.7. The first-order chi connectivity index (χ1) is 10.6. The second-order valence-electron chi connectivity index (χ2n) is 5.68. The third kappa shape index (κ3) is 3.07. The number of rotatable bonds is 3. The van der Waals surface area contributed by atoms with Crippen LogP contribution in [0.1, 0.15) is 33.6 Å². The van der Waals surface area contributed by atoms with Crippen LogP contribution in [0, 0.1) is 6.92 Å². The molecule has 3 rings (SSSR count). The number of carbonyl (C=O) groups is 1. The monoisotopic (exact) mass is 424 g/mol. The highest BCUT2D eigenvalue weighted by atomic mass is 79.9. The van der Waals surface area contributed by atoms with Crippen LogP contribution in [0.15, 0.2) is 33.3 Å². The summed E-state index contributed by atoms with van der Waals surface area (Å²) in [5.41, 5.74) is 4.78. The lowest BCUT2D eigenvalue weighted by atomic mass is 10.1. The minimum absolute atomic E-state index is 0.150. The average molecular weight is 426 g/mol. The predicted octanol–water partition coefficient (Wildman–Crippen LogP) is 4.24. The van der Waals surface area contributed by atoms with Gasteiger partial charge in [-0.15, -0.1) is 0 Å². The summed E-state index contributed by atoms with van der Waals surface area (Å²) < 4.78 is 3.69. The van der Waals surface area contributed by atoms with Crippen molar-refractivity contribution in [2.45, 2.75) is 32.7 Å². The van der Waals surface area contributed by atoms with Crippen molar-refractivity contribution in [2.75, 3.05) is 6.54 Å². The Morgan fingerprint density at radius 1 is 1.36 bits per heavy atom. The number of carbonyl (C=O) groups excluding carboxylic acids is 1. The topological polar surface area (TPSA) is 34.0 Å². The maximum atomic E-state index is 12.7. The summed E-state index contributed by atoms with van der Waals surface area (Å²) in [6, 6.07) is 8.35. The van der Waals surface area contributed by atoms with Crippen molar-refractivity contribution in [1.29, 1.82) is 0 Å². The zero-order chi connectivity index (χ0) is 15.7. The molecule has 0 fully saturated rings. The Hall–Kier alpha value is -0.910. The lowest BCUT2D eigenvalue weighted by molar-refractivity contribution is 0.0897. The van der Waals surface area contributed by atoms with Gasteiger partial charge in [-0.05, 0) is 50.8 Å². The number of aryl methyl sites for hydroxylation is 2. The number of nitrogens with one attached hydrogen (secondary N) is 1. The van der Waals surface area contributed by atoms with Gasteiger partial charge in [0.2, 0.25) is 5.91 Å². The Morgan fingerprint density at radius 3 is 2.95 bits per heavy atom. The van der Waals surface area contributed by atoms with E-state index < -0.39 is 0 Å². The van der Waals surface area contributed by atoms with Gasteiger partial charge in [0.1, 0.15) is 4.60 Å². The molecule has 0 amide bonds. The van der Waals surface area contributed by atoms with Gasteiger partial charge < -0.3 is 5.32 Å². The largest absolute Gasteiger partial charge is 0.312 e. The molecule has 3 nitrogen and oxygen atoms in total. The molecule has 116 valence electrons. The van der Waals surface area contributed by atoms with Crippen LogP contribution in [-0.4, -0.2) is 17.0 Å². The standard InChI is InChI=1S/C17H18Br2N2O/c1-11-3-2-4-12(9-11)5-6-15(22)21-14-7-8-20-10-13(14)16(18)17(21)19/h2-4,9,20H,5-8,10H2,1H3. The van der Waals surface area contributed by atoms with Crippen molar-refractivity contribution in [1.82, 2.24) is 9.88 Å². The van der Waals surface area contributed by atoms with Gasteiger partial charge in [-0.25, -0.2) is 0 Å². The molecule has 1 aliphatic heterocycles. The number of nitrogens with zero attached hydrogens (tertiary/aromatic N) is 1. The van der Waals surface area contributed by atoms with E-state index in [9.17, 15) is 4.79 Å². The second-order valence-corrected chi connectivity index (χ2v) is 7.22. The van der Waals surface area contributed by atoms with Gasteiger partial charge in [-0.1, -0.05) is 29.8 Å². The van der Waals surface area contributed by atoms with E-state index in [2.05, 4.69) is 62.3 Å². The van der Waals surface area contributed by atoms with E-state index in [1.54, 1.807) is 0 Å². The zero-order valence-electron chi connectivity index (χ0n) is 12.5. The summed E-state index contributed by atoms with van der Waals surface area (Å²) in [7, 11) is 0. The van der Waals surface area contributed by atoms with Crippen LogP contribution in [0.3, 0.4) is 0 Å². The molecule has 22 heavy (non-hydrogen) atoms. The van der Waals surface area contributed by atoms with Crippen molar-refractivity contribution in [3.8, 4) is 0 Å². The highest BCUT2D eigenvalue weighted by molar-refractivity contribution is 9.13. The van der Waals surface area contributed by atoms with Crippen molar-refractivity contribution < 1.29 is 4.79 Å². The summed E-state index contributed by atoms with van der Waals surface area (Å²) in [6.45, 7) is 3.81. The first kappa shape index (κ1) is 16.0. The predicted molar refractivity (Wildman–Crippen MR) is 95.4 cm³/mol. The first-order valence-electron chi connectivity index (χ1n) is 7.45. The summed E-state index contributed by atoms with van der Waals surface area (Å²) in [6.07, 6.45) is 2.18. The molecule has 1 aromatic carbocycles. The number of fused-ring (bicyclic) bond motifs is 1. The van der Waals surface area contributed by atoms with E-state index in [1.807, 2.05) is 10.6 Å². The Morgan fingerprint density at radius 2 is 2.18 bits per heavy atom. The quantitative estimate of drug-likeness (QED) is 0.797. The summed E-state index contributed by atoms with van der Waals surface area (Å²) in [5.74, 6) is 0.150. The van der Waals surface area contributed by atoms with Gasteiger partial charge in [0, 0.05) is 37.2 Å². The molecule has 0 unspecified atom stereocenters. The van der Waals surface area contributed by atoms with Crippen LogP contribution in [0.25, 0.3) is 0 Å². The smallest absolute Gasteiger partial charge is 0.232 e. The van der Waals surface area contributed by atoms with Gasteiger partial charge >= 0.3 is 0 Å². The van der Waals surface area contributed by atoms with E-state index in [-0.39, 0.29) is 5.91 Å². The SMILES string of the molecule is Cc1cccc(CCC(=O)n2c(Br)c(Br)c3c2CCNC3)c1. The van der Waals surface area contributed by atoms with E-state index in [1.165, 1.54) is 16.7 Å². The number of halogens is 2.